The lowest BCUT2D eigenvalue weighted by atomic mass is 10.2. The van der Waals surface area contributed by atoms with Gasteiger partial charge in [-0.2, -0.15) is 0 Å². The quantitative estimate of drug-likeness (QED) is 0.509. The molecule has 0 radical (unpaired) electrons. The maximum Gasteiger partial charge on any atom is 0.345 e. The molecule has 120 valence electrons. The third-order valence-electron chi connectivity index (χ3n) is 2.79. The highest BCUT2D eigenvalue weighted by molar-refractivity contribution is 9.10. The van der Waals surface area contributed by atoms with Gasteiger partial charge in [-0.1, -0.05) is 39.1 Å². The van der Waals surface area contributed by atoms with Crippen LogP contribution >= 0.6 is 39.1 Å². The van der Waals surface area contributed by atoms with Gasteiger partial charge in [-0.3, -0.25) is 0 Å². The van der Waals surface area contributed by atoms with E-state index in [0.717, 1.165) is 0 Å². The number of ether oxygens (including phenoxy) is 2. The molecule has 0 fully saturated rings. The van der Waals surface area contributed by atoms with Crippen LogP contribution in [0, 0.1) is 0 Å². The molecule has 0 amide bonds. The van der Waals surface area contributed by atoms with Gasteiger partial charge in [0.05, 0.1) is 17.2 Å². The zero-order chi connectivity index (χ0) is 17.0. The Morgan fingerprint density at radius 2 is 1.78 bits per heavy atom. The first-order valence-electron chi connectivity index (χ1n) is 6.56. The number of hydrogen-bond donors (Lipinski definition) is 0. The number of carbonyl (C=O) groups is 2. The van der Waals surface area contributed by atoms with Gasteiger partial charge in [0.1, 0.15) is 11.3 Å². The molecule has 0 saturated carbocycles. The van der Waals surface area contributed by atoms with E-state index in [1.165, 1.54) is 30.3 Å². The first-order chi connectivity index (χ1) is 10.9. The fourth-order valence-electron chi connectivity index (χ4n) is 1.77. The third-order valence-corrected chi connectivity index (χ3v) is 3.83. The van der Waals surface area contributed by atoms with Crippen LogP contribution in [-0.2, 0) is 4.74 Å². The monoisotopic (exact) mass is 416 g/mol. The zero-order valence-corrected chi connectivity index (χ0v) is 15.0. The lowest BCUT2D eigenvalue weighted by Crippen LogP contribution is -2.13. The predicted octanol–water partition coefficient (Wildman–Crippen LogP) is 5.15. The van der Waals surface area contributed by atoms with E-state index in [1.807, 2.05) is 0 Å². The van der Waals surface area contributed by atoms with Crippen LogP contribution in [0.1, 0.15) is 27.6 Å². The van der Waals surface area contributed by atoms with Crippen LogP contribution in [0.5, 0.6) is 5.75 Å². The van der Waals surface area contributed by atoms with Crippen molar-refractivity contribution in [1.82, 2.24) is 0 Å². The second-order valence-electron chi connectivity index (χ2n) is 4.37. The van der Waals surface area contributed by atoms with Gasteiger partial charge in [0, 0.05) is 9.50 Å². The maximum atomic E-state index is 12.3. The molecule has 0 aliphatic carbocycles. The van der Waals surface area contributed by atoms with E-state index in [0.29, 0.717) is 9.50 Å². The van der Waals surface area contributed by atoms with Gasteiger partial charge >= 0.3 is 11.9 Å². The van der Waals surface area contributed by atoms with E-state index in [-0.39, 0.29) is 28.5 Å². The number of hydrogen-bond acceptors (Lipinski definition) is 4. The Morgan fingerprint density at radius 3 is 2.43 bits per heavy atom. The lowest BCUT2D eigenvalue weighted by Gasteiger charge is -2.10. The Labute approximate surface area is 151 Å². The van der Waals surface area contributed by atoms with Gasteiger partial charge in [-0.15, -0.1) is 0 Å². The van der Waals surface area contributed by atoms with Crippen molar-refractivity contribution in [2.75, 3.05) is 6.61 Å². The van der Waals surface area contributed by atoms with Gasteiger partial charge in [0.15, 0.2) is 0 Å². The molecule has 0 N–H and O–H groups in total. The zero-order valence-electron chi connectivity index (χ0n) is 11.9. The van der Waals surface area contributed by atoms with Crippen molar-refractivity contribution in [3.8, 4) is 5.75 Å². The molecule has 0 spiro atoms. The van der Waals surface area contributed by atoms with Gasteiger partial charge in [0.2, 0.25) is 0 Å². The van der Waals surface area contributed by atoms with Crippen molar-refractivity contribution < 1.29 is 19.1 Å². The van der Waals surface area contributed by atoms with Crippen LogP contribution in [-0.4, -0.2) is 18.5 Å². The summed E-state index contributed by atoms with van der Waals surface area (Å²) in [6.07, 6.45) is 0. The second kappa shape index (κ2) is 7.81. The number of halogens is 3. The summed E-state index contributed by atoms with van der Waals surface area (Å²) in [5.74, 6) is -1.19. The average molecular weight is 418 g/mol. The Morgan fingerprint density at radius 1 is 1.04 bits per heavy atom. The van der Waals surface area contributed by atoms with Crippen LogP contribution in [0.2, 0.25) is 10.0 Å². The topological polar surface area (TPSA) is 52.6 Å². The van der Waals surface area contributed by atoms with E-state index in [9.17, 15) is 9.59 Å². The molecule has 0 saturated heterocycles. The molecule has 0 atom stereocenters. The molecule has 0 aliphatic heterocycles. The van der Waals surface area contributed by atoms with Crippen molar-refractivity contribution in [2.24, 2.45) is 0 Å². The molecule has 0 unspecified atom stereocenters. The van der Waals surface area contributed by atoms with E-state index >= 15 is 0 Å². The smallest absolute Gasteiger partial charge is 0.345 e. The Bertz CT molecular complexity index is 762. The van der Waals surface area contributed by atoms with E-state index < -0.39 is 11.9 Å². The second-order valence-corrected chi connectivity index (χ2v) is 6.13. The van der Waals surface area contributed by atoms with E-state index in [2.05, 4.69) is 15.9 Å². The van der Waals surface area contributed by atoms with Crippen LogP contribution in [0.25, 0.3) is 0 Å². The van der Waals surface area contributed by atoms with Crippen molar-refractivity contribution in [1.29, 1.82) is 0 Å². The minimum absolute atomic E-state index is 0.0858. The van der Waals surface area contributed by atoms with Gasteiger partial charge in [-0.25, -0.2) is 9.59 Å². The minimum atomic E-state index is -0.695. The van der Waals surface area contributed by atoms with Gasteiger partial charge in [0.25, 0.3) is 0 Å². The number of carbonyl (C=O) groups excluding carboxylic acids is 2. The first kappa shape index (κ1) is 17.8. The summed E-state index contributed by atoms with van der Waals surface area (Å²) in [5.41, 5.74) is 0.286. The summed E-state index contributed by atoms with van der Waals surface area (Å²) in [6.45, 7) is 1.90. The molecule has 0 heterocycles. The van der Waals surface area contributed by atoms with Crippen molar-refractivity contribution in [3.63, 3.8) is 0 Å². The van der Waals surface area contributed by atoms with Crippen molar-refractivity contribution >= 4 is 51.1 Å². The summed E-state index contributed by atoms with van der Waals surface area (Å²) in [6, 6.07) is 9.08. The average Bonchev–Trinajstić information content (AvgIpc) is 2.49. The molecule has 0 aromatic heterocycles. The van der Waals surface area contributed by atoms with E-state index in [4.69, 9.17) is 32.7 Å². The molecule has 23 heavy (non-hydrogen) atoms. The summed E-state index contributed by atoms with van der Waals surface area (Å²) < 4.78 is 10.9. The summed E-state index contributed by atoms with van der Waals surface area (Å²) >= 11 is 15.0. The number of esters is 2. The fraction of sp³-hybridized carbons (Fsp3) is 0.125. The van der Waals surface area contributed by atoms with Gasteiger partial charge in [-0.05, 0) is 43.3 Å². The molecule has 2 aromatic rings. The molecule has 7 heteroatoms. The predicted molar refractivity (Wildman–Crippen MR) is 91.5 cm³/mol. The first-order valence-corrected chi connectivity index (χ1v) is 8.11. The highest BCUT2D eigenvalue weighted by Gasteiger charge is 2.19. The Kier molecular flexibility index (Phi) is 6.04. The lowest BCUT2D eigenvalue weighted by molar-refractivity contribution is 0.0520. The largest absolute Gasteiger partial charge is 0.462 e. The standard InChI is InChI=1S/C16H11BrCl2O4/c1-2-22-15(20)12-7-9(17)3-6-14(12)23-16(21)11-5-4-10(18)8-13(11)19/h3-8H,2H2,1H3. The normalized spacial score (nSPS) is 10.3. The van der Waals surface area contributed by atoms with Crippen molar-refractivity contribution in [3.05, 3.63) is 62.0 Å². The summed E-state index contributed by atoms with van der Waals surface area (Å²) in [4.78, 5) is 24.2. The third kappa shape index (κ3) is 4.47. The molecule has 4 nitrogen and oxygen atoms in total. The number of rotatable bonds is 4. The maximum absolute atomic E-state index is 12.3. The minimum Gasteiger partial charge on any atom is -0.462 e. The number of benzene rings is 2. The van der Waals surface area contributed by atoms with Crippen LogP contribution in [0.15, 0.2) is 40.9 Å². The molecular formula is C16H11BrCl2O4. The molecular weight excluding hydrogens is 407 g/mol. The Balaban J connectivity index is 2.32. The van der Waals surface area contributed by atoms with E-state index in [1.54, 1.807) is 13.0 Å². The molecule has 2 rings (SSSR count). The fourth-order valence-corrected chi connectivity index (χ4v) is 2.62. The van der Waals surface area contributed by atoms with Crippen LogP contribution < -0.4 is 4.74 Å². The van der Waals surface area contributed by atoms with Gasteiger partial charge < -0.3 is 9.47 Å². The van der Waals surface area contributed by atoms with Crippen LogP contribution in [0.4, 0.5) is 0 Å². The molecule has 0 aliphatic rings. The summed E-state index contributed by atoms with van der Waals surface area (Å²) in [5, 5.41) is 0.569. The van der Waals surface area contributed by atoms with Crippen molar-refractivity contribution in [2.45, 2.75) is 6.92 Å². The van der Waals surface area contributed by atoms with Crippen LogP contribution in [0.3, 0.4) is 0 Å². The SMILES string of the molecule is CCOC(=O)c1cc(Br)ccc1OC(=O)c1ccc(Cl)cc1Cl. The molecule has 0 bridgehead atoms. The molecule has 2 aromatic carbocycles. The summed E-state index contributed by atoms with van der Waals surface area (Å²) in [7, 11) is 0. The Hall–Kier alpha value is -1.56. The highest BCUT2D eigenvalue weighted by Crippen LogP contribution is 2.27. The highest BCUT2D eigenvalue weighted by atomic mass is 79.9.